The van der Waals surface area contributed by atoms with Gasteiger partial charge in [-0.05, 0) is 56.2 Å². The molecule has 35 heavy (non-hydrogen) atoms. The highest BCUT2D eigenvalue weighted by molar-refractivity contribution is 5.97. The van der Waals surface area contributed by atoms with Gasteiger partial charge in [0.15, 0.2) is 0 Å². The van der Waals surface area contributed by atoms with Crippen LogP contribution in [0.15, 0.2) is 60.9 Å². The van der Waals surface area contributed by atoms with E-state index in [1.807, 2.05) is 45.0 Å². The van der Waals surface area contributed by atoms with Gasteiger partial charge in [0.1, 0.15) is 23.5 Å². The summed E-state index contributed by atoms with van der Waals surface area (Å²) in [4.78, 5) is 45.2. The molecule has 3 rings (SSSR count). The zero-order valence-electron chi connectivity index (χ0n) is 20.2. The fourth-order valence-corrected chi connectivity index (χ4v) is 3.12. The fraction of sp³-hybridized carbons (Fsp3) is 0.269. The minimum atomic E-state index is -0.441. The Balaban J connectivity index is 1.55. The van der Waals surface area contributed by atoms with Crippen molar-refractivity contribution in [3.63, 3.8) is 0 Å². The topological polar surface area (TPSA) is 122 Å². The van der Waals surface area contributed by atoms with Gasteiger partial charge >= 0.3 is 0 Å². The molecule has 3 aromatic rings. The van der Waals surface area contributed by atoms with Gasteiger partial charge in [-0.3, -0.25) is 14.4 Å². The fourth-order valence-electron chi connectivity index (χ4n) is 3.12. The summed E-state index contributed by atoms with van der Waals surface area (Å²) in [5.41, 5.74) is 2.06. The van der Waals surface area contributed by atoms with E-state index in [1.54, 1.807) is 31.4 Å². The first-order valence-corrected chi connectivity index (χ1v) is 11.1. The van der Waals surface area contributed by atoms with Crippen molar-refractivity contribution >= 4 is 17.7 Å². The number of methoxy groups -OCH3 is 1. The molecular formula is C26H29N5O4. The monoisotopic (exact) mass is 475 g/mol. The number of nitrogens with one attached hydrogen (secondary N) is 3. The molecule has 182 valence electrons. The molecule has 0 saturated heterocycles. The van der Waals surface area contributed by atoms with Crippen molar-refractivity contribution in [2.75, 3.05) is 7.11 Å². The van der Waals surface area contributed by atoms with Gasteiger partial charge in [-0.25, -0.2) is 9.97 Å². The van der Waals surface area contributed by atoms with Gasteiger partial charge in [-0.2, -0.15) is 0 Å². The number of carbonyl (C=O) groups excluding carboxylic acids is 3. The molecule has 0 spiro atoms. The van der Waals surface area contributed by atoms with Crippen molar-refractivity contribution in [1.82, 2.24) is 25.9 Å². The minimum absolute atomic E-state index is 0.0766. The lowest BCUT2D eigenvalue weighted by Gasteiger charge is -2.20. The second kappa shape index (κ2) is 11.2. The molecule has 3 amide bonds. The summed E-state index contributed by atoms with van der Waals surface area (Å²) in [7, 11) is 1.58. The smallest absolute Gasteiger partial charge is 0.270 e. The number of ether oxygens (including phenoxy) is 1. The summed E-state index contributed by atoms with van der Waals surface area (Å²) in [6.45, 7) is 6.26. The van der Waals surface area contributed by atoms with E-state index in [0.29, 0.717) is 11.3 Å². The highest BCUT2D eigenvalue weighted by atomic mass is 16.5. The molecule has 0 fully saturated rings. The molecular weight excluding hydrogens is 446 g/mol. The molecule has 1 aromatic heterocycles. The Labute approximate surface area is 204 Å². The maximum atomic E-state index is 12.6. The molecule has 0 aliphatic carbocycles. The van der Waals surface area contributed by atoms with Crippen LogP contribution in [0.3, 0.4) is 0 Å². The second-order valence-corrected chi connectivity index (χ2v) is 8.91. The molecule has 0 saturated carbocycles. The number of aromatic nitrogens is 2. The highest BCUT2D eigenvalue weighted by Gasteiger charge is 2.16. The van der Waals surface area contributed by atoms with Gasteiger partial charge in [-0.1, -0.05) is 24.3 Å². The number of nitrogens with zero attached hydrogens (tertiary/aromatic N) is 2. The standard InChI is InChI=1S/C26H29N5O4/c1-26(2,3)31-23(32)19-10-8-17(9-11-19)14-27-24(33)21-13-22(30-16-29-21)25(34)28-15-18-6-5-7-20(12-18)35-4/h5-13,16H,14-15H2,1-4H3,(H,27,33)(H,28,34)(H,31,32). The molecule has 3 N–H and O–H groups in total. The molecule has 0 unspecified atom stereocenters. The third-order valence-corrected chi connectivity index (χ3v) is 4.88. The van der Waals surface area contributed by atoms with Crippen LogP contribution in [-0.2, 0) is 13.1 Å². The van der Waals surface area contributed by atoms with E-state index in [9.17, 15) is 14.4 Å². The molecule has 0 bridgehead atoms. The zero-order chi connectivity index (χ0) is 25.4. The Kier molecular flexibility index (Phi) is 8.14. The molecule has 0 aliphatic heterocycles. The molecule has 9 heteroatoms. The lowest BCUT2D eigenvalue weighted by atomic mass is 10.1. The van der Waals surface area contributed by atoms with Crippen LogP contribution in [-0.4, -0.2) is 40.3 Å². The maximum absolute atomic E-state index is 12.6. The summed E-state index contributed by atoms with van der Waals surface area (Å²) in [6.07, 6.45) is 1.18. The minimum Gasteiger partial charge on any atom is -0.497 e. The van der Waals surface area contributed by atoms with Crippen LogP contribution < -0.4 is 20.7 Å². The van der Waals surface area contributed by atoms with Crippen LogP contribution in [0.25, 0.3) is 0 Å². The van der Waals surface area contributed by atoms with Gasteiger partial charge in [0.25, 0.3) is 17.7 Å². The van der Waals surface area contributed by atoms with Gasteiger partial charge in [-0.15, -0.1) is 0 Å². The van der Waals surface area contributed by atoms with E-state index < -0.39 is 11.8 Å². The maximum Gasteiger partial charge on any atom is 0.270 e. The molecule has 2 aromatic carbocycles. The Bertz CT molecular complexity index is 1200. The van der Waals surface area contributed by atoms with E-state index in [2.05, 4.69) is 25.9 Å². The number of rotatable bonds is 8. The molecule has 1 heterocycles. The van der Waals surface area contributed by atoms with Crippen molar-refractivity contribution in [1.29, 1.82) is 0 Å². The van der Waals surface area contributed by atoms with E-state index in [1.165, 1.54) is 12.4 Å². The second-order valence-electron chi connectivity index (χ2n) is 8.91. The van der Waals surface area contributed by atoms with E-state index in [0.717, 1.165) is 11.1 Å². The summed E-state index contributed by atoms with van der Waals surface area (Å²) in [6, 6.07) is 15.6. The summed E-state index contributed by atoms with van der Waals surface area (Å²) in [5.74, 6) is -0.330. The van der Waals surface area contributed by atoms with Gasteiger partial charge < -0.3 is 20.7 Å². The van der Waals surface area contributed by atoms with Crippen molar-refractivity contribution in [2.45, 2.75) is 39.4 Å². The van der Waals surface area contributed by atoms with E-state index in [-0.39, 0.29) is 35.9 Å². The van der Waals surface area contributed by atoms with Gasteiger partial charge in [0.05, 0.1) is 7.11 Å². The van der Waals surface area contributed by atoms with E-state index >= 15 is 0 Å². The predicted octanol–water partition coefficient (Wildman–Crippen LogP) is 2.87. The van der Waals surface area contributed by atoms with Gasteiger partial charge in [0.2, 0.25) is 0 Å². The van der Waals surface area contributed by atoms with Crippen LogP contribution >= 0.6 is 0 Å². The highest BCUT2D eigenvalue weighted by Crippen LogP contribution is 2.12. The molecule has 9 nitrogen and oxygen atoms in total. The van der Waals surface area contributed by atoms with Crippen LogP contribution in [0.1, 0.15) is 63.2 Å². The number of amides is 3. The Morgan fingerprint density at radius 2 is 1.40 bits per heavy atom. The first-order valence-electron chi connectivity index (χ1n) is 11.1. The Hall–Kier alpha value is -4.27. The van der Waals surface area contributed by atoms with Crippen LogP contribution in [0, 0.1) is 0 Å². The average molecular weight is 476 g/mol. The summed E-state index contributed by atoms with van der Waals surface area (Å²) in [5, 5.41) is 8.44. The van der Waals surface area contributed by atoms with Crippen molar-refractivity contribution in [3.05, 3.63) is 89.0 Å². The van der Waals surface area contributed by atoms with Crippen LogP contribution in [0.4, 0.5) is 0 Å². The SMILES string of the molecule is COc1cccc(CNC(=O)c2cc(C(=O)NCc3ccc(C(=O)NC(C)(C)C)cc3)ncn2)c1. The third-order valence-electron chi connectivity index (χ3n) is 4.88. The number of benzene rings is 2. The van der Waals surface area contributed by atoms with Crippen molar-refractivity contribution in [3.8, 4) is 5.75 Å². The Morgan fingerprint density at radius 1 is 0.800 bits per heavy atom. The van der Waals surface area contributed by atoms with E-state index in [4.69, 9.17) is 4.74 Å². The Morgan fingerprint density at radius 3 is 1.97 bits per heavy atom. The van der Waals surface area contributed by atoms with Crippen LogP contribution in [0.5, 0.6) is 5.75 Å². The average Bonchev–Trinajstić information content (AvgIpc) is 2.85. The lowest BCUT2D eigenvalue weighted by Crippen LogP contribution is -2.40. The first-order chi connectivity index (χ1) is 16.6. The quantitative estimate of drug-likeness (QED) is 0.461. The summed E-state index contributed by atoms with van der Waals surface area (Å²) < 4.78 is 5.18. The predicted molar refractivity (Wildman–Crippen MR) is 131 cm³/mol. The first kappa shape index (κ1) is 25.4. The number of carbonyl (C=O) groups is 3. The number of hydrogen-bond acceptors (Lipinski definition) is 6. The number of hydrogen-bond donors (Lipinski definition) is 3. The summed E-state index contributed by atoms with van der Waals surface area (Å²) >= 11 is 0. The van der Waals surface area contributed by atoms with Crippen molar-refractivity contribution < 1.29 is 19.1 Å². The zero-order valence-corrected chi connectivity index (χ0v) is 20.2. The van der Waals surface area contributed by atoms with Gasteiger partial charge in [0, 0.05) is 30.3 Å². The molecule has 0 atom stereocenters. The largest absolute Gasteiger partial charge is 0.497 e. The molecule has 0 aliphatic rings. The normalized spacial score (nSPS) is 10.9. The lowest BCUT2D eigenvalue weighted by molar-refractivity contribution is 0.0914. The van der Waals surface area contributed by atoms with Crippen LogP contribution in [0.2, 0.25) is 0 Å². The molecule has 0 radical (unpaired) electrons. The third kappa shape index (κ3) is 7.63. The van der Waals surface area contributed by atoms with Crippen molar-refractivity contribution in [2.24, 2.45) is 0 Å².